The molecule has 0 saturated heterocycles. The van der Waals surface area contributed by atoms with Crippen molar-refractivity contribution >= 4 is 40.6 Å². The second kappa shape index (κ2) is 13.2. The van der Waals surface area contributed by atoms with Gasteiger partial charge in [-0.2, -0.15) is 0 Å². The van der Waals surface area contributed by atoms with Crippen LogP contribution in [-0.4, -0.2) is 116 Å². The van der Waals surface area contributed by atoms with Gasteiger partial charge in [0.15, 0.2) is 11.4 Å². The van der Waals surface area contributed by atoms with Crippen molar-refractivity contribution in [3.05, 3.63) is 79.8 Å². The number of rotatable bonds is 9. The van der Waals surface area contributed by atoms with Crippen LogP contribution in [0, 0.1) is 22.0 Å². The lowest BCUT2D eigenvalue weighted by Crippen LogP contribution is -2.63. The number of anilines is 2. The molecule has 0 heterocycles. The van der Waals surface area contributed by atoms with E-state index in [4.69, 9.17) is 5.73 Å². The molecule has 52 heavy (non-hydrogen) atoms. The second-order valence-corrected chi connectivity index (χ2v) is 14.5. The Morgan fingerprint density at radius 2 is 1.71 bits per heavy atom. The summed E-state index contributed by atoms with van der Waals surface area (Å²) in [7, 11) is 6.50. The predicted octanol–water partition coefficient (Wildman–Crippen LogP) is 1.90. The van der Waals surface area contributed by atoms with E-state index in [1.165, 1.54) is 47.9 Å². The van der Waals surface area contributed by atoms with Crippen molar-refractivity contribution in [1.82, 2.24) is 9.80 Å². The molecule has 0 unspecified atom stereocenters. The summed E-state index contributed by atoms with van der Waals surface area (Å²) >= 11 is 0. The number of nitrogens with zero attached hydrogens (tertiary/aromatic N) is 4. The first-order valence-electron chi connectivity index (χ1n) is 16.3. The summed E-state index contributed by atoms with van der Waals surface area (Å²) in [6.45, 7) is 2.32. The third-order valence-corrected chi connectivity index (χ3v) is 9.82. The summed E-state index contributed by atoms with van der Waals surface area (Å²) in [6.07, 6.45) is -0.0206. The number of fused-ring (bicyclic) bond motifs is 3. The van der Waals surface area contributed by atoms with Crippen LogP contribution in [0.2, 0.25) is 0 Å². The van der Waals surface area contributed by atoms with E-state index in [-0.39, 0.29) is 54.0 Å². The number of nitrogens with two attached hydrogens (primary N) is 1. The van der Waals surface area contributed by atoms with E-state index in [2.05, 4.69) is 5.32 Å². The number of nitro groups is 1. The number of non-ortho nitro benzene ring substituents is 1. The average molecular weight is 723 g/mol. The number of aliphatic hydroxyl groups is 4. The molecule has 2 aromatic rings. The third-order valence-electron chi connectivity index (χ3n) is 9.82. The minimum atomic E-state index is -2.80. The Morgan fingerprint density at radius 3 is 2.23 bits per heavy atom. The van der Waals surface area contributed by atoms with Crippen molar-refractivity contribution in [2.24, 2.45) is 17.6 Å². The smallest absolute Gasteiger partial charge is 0.322 e. The summed E-state index contributed by atoms with van der Waals surface area (Å²) < 4.78 is 0. The molecule has 0 aliphatic heterocycles. The van der Waals surface area contributed by atoms with Crippen molar-refractivity contribution in [3.63, 3.8) is 0 Å². The summed E-state index contributed by atoms with van der Waals surface area (Å²) in [5.74, 6) is -7.75. The number of amides is 3. The van der Waals surface area contributed by atoms with Crippen LogP contribution in [0.1, 0.15) is 41.8 Å². The Bertz CT molecular complexity index is 1950. The van der Waals surface area contributed by atoms with Crippen molar-refractivity contribution in [2.45, 2.75) is 50.5 Å². The fraction of sp³-hybridized carbons (Fsp3) is 0.429. The Balaban J connectivity index is 1.60. The van der Waals surface area contributed by atoms with Crippen molar-refractivity contribution in [3.8, 4) is 5.75 Å². The monoisotopic (exact) mass is 722 g/mol. The number of nitrogens with one attached hydrogen (secondary N) is 1. The maximum atomic E-state index is 14.4. The van der Waals surface area contributed by atoms with Crippen molar-refractivity contribution < 1.29 is 49.6 Å². The first-order chi connectivity index (χ1) is 24.1. The normalized spacial score (nSPS) is 22.8. The van der Waals surface area contributed by atoms with Crippen LogP contribution in [0.3, 0.4) is 0 Å². The van der Waals surface area contributed by atoms with Gasteiger partial charge in [0.25, 0.3) is 11.6 Å². The molecule has 0 aromatic heterocycles. The number of ketones is 2. The first kappa shape index (κ1) is 37.7. The van der Waals surface area contributed by atoms with Gasteiger partial charge in [-0.25, -0.2) is 4.79 Å². The van der Waals surface area contributed by atoms with E-state index in [9.17, 15) is 54.8 Å². The number of urea groups is 1. The lowest BCUT2D eigenvalue weighted by molar-refractivity contribution is -0.384. The average Bonchev–Trinajstić information content (AvgIpc) is 3.02. The number of likely N-dealkylation sites (N-methyl/N-ethyl adjacent to an activating group) is 1. The van der Waals surface area contributed by atoms with Gasteiger partial charge < -0.3 is 46.4 Å². The van der Waals surface area contributed by atoms with Gasteiger partial charge in [-0.3, -0.25) is 29.4 Å². The lowest BCUT2D eigenvalue weighted by atomic mass is 9.58. The topological polar surface area (TPSA) is 260 Å². The Hall–Kier alpha value is -5.52. The number of phenols is 1. The van der Waals surface area contributed by atoms with E-state index in [1.807, 2.05) is 0 Å². The molecule has 3 aliphatic carbocycles. The molecule has 17 heteroatoms. The Kier molecular flexibility index (Phi) is 9.60. The van der Waals surface area contributed by atoms with Crippen LogP contribution in [0.4, 0.5) is 21.9 Å². The molecule has 2 aromatic carbocycles. The third kappa shape index (κ3) is 6.31. The van der Waals surface area contributed by atoms with Crippen LogP contribution in [0.5, 0.6) is 5.75 Å². The number of primary amides is 1. The molecule has 3 amide bonds. The summed E-state index contributed by atoms with van der Waals surface area (Å²) in [4.78, 5) is 68.7. The number of aromatic hydroxyl groups is 1. The Morgan fingerprint density at radius 1 is 1.10 bits per heavy atom. The highest BCUT2D eigenvalue weighted by atomic mass is 16.6. The van der Waals surface area contributed by atoms with Gasteiger partial charge in [0, 0.05) is 54.7 Å². The Labute approximate surface area is 298 Å². The fourth-order valence-corrected chi connectivity index (χ4v) is 7.61. The van der Waals surface area contributed by atoms with Crippen LogP contribution < -0.4 is 16.0 Å². The first-order valence-corrected chi connectivity index (χ1v) is 16.3. The number of benzene rings is 2. The molecule has 0 bridgehead atoms. The van der Waals surface area contributed by atoms with Crippen molar-refractivity contribution in [2.75, 3.05) is 45.0 Å². The highest BCUT2D eigenvalue weighted by molar-refractivity contribution is 6.25. The second-order valence-electron chi connectivity index (χ2n) is 14.5. The molecular formula is C35H42N6O11. The molecule has 0 saturated carbocycles. The van der Waals surface area contributed by atoms with Gasteiger partial charge in [0.2, 0.25) is 5.78 Å². The van der Waals surface area contributed by atoms with Gasteiger partial charge in [0.05, 0.1) is 35.2 Å². The number of Topliss-reactive ketones (excluding diaryl/α,β-unsaturated/α-hetero) is 2. The molecule has 4 atom stereocenters. The standard InChI is InChI=1S/C35H42N6O11/c1-34(2,49)15-40(33(48)37-18-7-9-19(10-8-18)41(51)52)14-17-13-22(38(3)4)20-11-16-12-21-26(39(5)6)29(44)25(32(36)47)31(46)35(21,50)30(45)23(16)28(43)24(20)27(17)42/h7-10,13,16,21,26,42,44-45,49-50H,11-12,14-15H2,1-6H3,(H2,36,47)(H,37,48)/t16-,21-,26-,35-/m0/s1. The molecule has 5 rings (SSSR count). The number of carbonyl (C=O) groups excluding carboxylic acids is 4. The van der Waals surface area contributed by atoms with Crippen LogP contribution in [0.25, 0.3) is 0 Å². The number of nitro benzene ring substituents is 1. The van der Waals surface area contributed by atoms with Crippen LogP contribution in [-0.2, 0) is 22.6 Å². The summed E-state index contributed by atoms with van der Waals surface area (Å²) in [5.41, 5.74) is 0.689. The maximum Gasteiger partial charge on any atom is 0.322 e. The van der Waals surface area contributed by atoms with Crippen LogP contribution >= 0.6 is 0 Å². The fourth-order valence-electron chi connectivity index (χ4n) is 7.61. The highest BCUT2D eigenvalue weighted by Crippen LogP contribution is 2.53. The molecule has 278 valence electrons. The van der Waals surface area contributed by atoms with Gasteiger partial charge in [-0.05, 0) is 70.5 Å². The van der Waals surface area contributed by atoms with E-state index in [0.717, 1.165) is 0 Å². The molecule has 17 nitrogen and oxygen atoms in total. The number of carbonyl (C=O) groups is 4. The van der Waals surface area contributed by atoms with Gasteiger partial charge in [-0.15, -0.1) is 0 Å². The number of aliphatic hydroxyl groups excluding tert-OH is 2. The van der Waals surface area contributed by atoms with E-state index < -0.39 is 80.3 Å². The quantitative estimate of drug-likeness (QED) is 0.111. The number of hydrogen-bond acceptors (Lipinski definition) is 13. The zero-order chi connectivity index (χ0) is 38.8. The van der Waals surface area contributed by atoms with E-state index >= 15 is 0 Å². The number of phenolic OH excluding ortho intramolecular Hbond substituents is 1. The van der Waals surface area contributed by atoms with Gasteiger partial charge >= 0.3 is 6.03 Å². The summed E-state index contributed by atoms with van der Waals surface area (Å²) in [6, 6.07) is 4.80. The van der Waals surface area contributed by atoms with Gasteiger partial charge in [0.1, 0.15) is 22.8 Å². The highest BCUT2D eigenvalue weighted by Gasteiger charge is 2.63. The SMILES string of the molecule is CN(C)c1cc(CN(CC(C)(C)O)C(=O)Nc2ccc([N+](=O)[O-])cc2)c(O)c2c1C[C@H]1C[C@H]3[C@H](N(C)C)C(O)=C(C(N)=O)C(=O)[C@@]3(O)C(O)=C1C2=O. The van der Waals surface area contributed by atoms with Crippen LogP contribution in [0.15, 0.2) is 53.0 Å². The molecular weight excluding hydrogens is 680 g/mol. The number of allylic oxidation sites excluding steroid dienone is 1. The maximum absolute atomic E-state index is 14.4. The molecule has 0 fully saturated rings. The summed E-state index contributed by atoms with van der Waals surface area (Å²) in [5, 5.41) is 70.7. The number of hydrogen-bond donors (Lipinski definition) is 7. The zero-order valence-electron chi connectivity index (χ0n) is 29.5. The molecule has 8 N–H and O–H groups in total. The lowest BCUT2D eigenvalue weighted by Gasteiger charge is -2.50. The predicted molar refractivity (Wildman–Crippen MR) is 187 cm³/mol. The minimum Gasteiger partial charge on any atom is -0.510 e. The molecule has 3 aliphatic rings. The minimum absolute atomic E-state index is 0.0594. The largest absolute Gasteiger partial charge is 0.510 e. The molecule has 0 radical (unpaired) electrons. The van der Waals surface area contributed by atoms with E-state index in [1.54, 1.807) is 39.2 Å². The zero-order valence-corrected chi connectivity index (χ0v) is 29.5. The van der Waals surface area contributed by atoms with Crippen molar-refractivity contribution in [1.29, 1.82) is 0 Å². The van der Waals surface area contributed by atoms with E-state index in [0.29, 0.717) is 11.3 Å². The molecule has 0 spiro atoms. The van der Waals surface area contributed by atoms with Gasteiger partial charge in [-0.1, -0.05) is 0 Å².